The summed E-state index contributed by atoms with van der Waals surface area (Å²) in [6, 6.07) is 0.377. The van der Waals surface area contributed by atoms with Crippen molar-refractivity contribution in [1.29, 1.82) is 0 Å². The van der Waals surface area contributed by atoms with E-state index in [-0.39, 0.29) is 5.91 Å². The third kappa shape index (κ3) is 18.4. The van der Waals surface area contributed by atoms with E-state index in [1.54, 1.807) is 6.92 Å². The average Bonchev–Trinajstić information content (AvgIpc) is 1.98. The molecule has 0 aliphatic carbocycles. The number of nitrogens with one attached hydrogen (secondary N) is 1. The Morgan fingerprint density at radius 3 is 1.54 bits per heavy atom. The fourth-order valence-electron chi connectivity index (χ4n) is 0.780. The van der Waals surface area contributed by atoms with Gasteiger partial charge in [-0.3, -0.25) is 4.79 Å². The van der Waals surface area contributed by atoms with Crippen LogP contribution in [0.25, 0.3) is 0 Å². The molecule has 0 radical (unpaired) electrons. The van der Waals surface area contributed by atoms with Crippen LogP contribution >= 0.6 is 0 Å². The van der Waals surface area contributed by atoms with E-state index in [9.17, 15) is 4.79 Å². The Bertz CT molecular complexity index is 115. The van der Waals surface area contributed by atoms with Gasteiger partial charge in [0, 0.05) is 13.0 Å². The molecule has 0 aromatic carbocycles. The standard InChI is InChI=1S/C7H15NO.C4H10/c1-4-7(5-2)8-6(3)9;1-4(2)3/h7H,4-5H2,1-3H3,(H,8,9);4H,1-3H3. The van der Waals surface area contributed by atoms with Crippen molar-refractivity contribution in [2.24, 2.45) is 5.92 Å². The summed E-state index contributed by atoms with van der Waals surface area (Å²) in [5.41, 5.74) is 0. The van der Waals surface area contributed by atoms with Crippen molar-refractivity contribution in [3.63, 3.8) is 0 Å². The Balaban J connectivity index is 0. The Labute approximate surface area is 83.1 Å². The second-order valence-corrected chi connectivity index (χ2v) is 3.95. The van der Waals surface area contributed by atoms with Crippen molar-refractivity contribution < 1.29 is 4.79 Å². The minimum Gasteiger partial charge on any atom is -0.354 e. The van der Waals surface area contributed by atoms with E-state index in [1.165, 1.54) is 0 Å². The lowest BCUT2D eigenvalue weighted by Crippen LogP contribution is -2.31. The molecule has 0 aliphatic rings. The molecule has 0 aliphatic heterocycles. The number of amides is 1. The molecule has 0 unspecified atom stereocenters. The molecule has 0 spiro atoms. The number of carbonyl (C=O) groups excluding carboxylic acids is 1. The van der Waals surface area contributed by atoms with Crippen LogP contribution in [-0.2, 0) is 4.79 Å². The van der Waals surface area contributed by atoms with Crippen molar-refractivity contribution in [3.05, 3.63) is 0 Å². The molecular formula is C11H25NO. The van der Waals surface area contributed by atoms with E-state index in [4.69, 9.17) is 0 Å². The molecule has 80 valence electrons. The van der Waals surface area contributed by atoms with Crippen LogP contribution in [0, 0.1) is 5.92 Å². The average molecular weight is 187 g/mol. The van der Waals surface area contributed by atoms with Crippen LogP contribution in [0.3, 0.4) is 0 Å². The summed E-state index contributed by atoms with van der Waals surface area (Å²) >= 11 is 0. The second kappa shape index (κ2) is 9.56. The maximum atomic E-state index is 10.5. The zero-order chi connectivity index (χ0) is 10.9. The second-order valence-electron chi connectivity index (χ2n) is 3.95. The van der Waals surface area contributed by atoms with Crippen LogP contribution < -0.4 is 5.32 Å². The van der Waals surface area contributed by atoms with Gasteiger partial charge in [0.1, 0.15) is 0 Å². The fourth-order valence-corrected chi connectivity index (χ4v) is 0.780. The van der Waals surface area contributed by atoms with Crippen molar-refractivity contribution in [2.75, 3.05) is 0 Å². The molecule has 13 heavy (non-hydrogen) atoms. The normalized spacial score (nSPS) is 9.54. The number of hydrogen-bond donors (Lipinski definition) is 1. The molecule has 1 N–H and O–H groups in total. The van der Waals surface area contributed by atoms with Gasteiger partial charge in [-0.25, -0.2) is 0 Å². The SMILES string of the molecule is CC(C)C.CCC(CC)NC(C)=O. The van der Waals surface area contributed by atoms with Crippen LogP contribution in [-0.4, -0.2) is 11.9 Å². The van der Waals surface area contributed by atoms with E-state index < -0.39 is 0 Å². The highest BCUT2D eigenvalue weighted by Crippen LogP contribution is 1.94. The lowest BCUT2D eigenvalue weighted by atomic mass is 10.2. The summed E-state index contributed by atoms with van der Waals surface area (Å²) < 4.78 is 0. The fraction of sp³-hybridized carbons (Fsp3) is 0.909. The Morgan fingerprint density at radius 2 is 1.46 bits per heavy atom. The highest BCUT2D eigenvalue weighted by atomic mass is 16.1. The van der Waals surface area contributed by atoms with Gasteiger partial charge in [0.2, 0.25) is 5.91 Å². The molecule has 0 aromatic rings. The number of rotatable bonds is 3. The van der Waals surface area contributed by atoms with Gasteiger partial charge in [0.25, 0.3) is 0 Å². The third-order valence-electron chi connectivity index (χ3n) is 1.39. The van der Waals surface area contributed by atoms with E-state index in [1.807, 2.05) is 0 Å². The van der Waals surface area contributed by atoms with E-state index in [2.05, 4.69) is 39.9 Å². The summed E-state index contributed by atoms with van der Waals surface area (Å²) in [5.74, 6) is 0.906. The summed E-state index contributed by atoms with van der Waals surface area (Å²) in [5, 5.41) is 2.84. The van der Waals surface area contributed by atoms with Gasteiger partial charge in [-0.2, -0.15) is 0 Å². The Hall–Kier alpha value is -0.530. The first kappa shape index (κ1) is 15.0. The van der Waals surface area contributed by atoms with Gasteiger partial charge in [0.15, 0.2) is 0 Å². The van der Waals surface area contributed by atoms with E-state index >= 15 is 0 Å². The third-order valence-corrected chi connectivity index (χ3v) is 1.39. The first-order valence-electron chi connectivity index (χ1n) is 5.21. The predicted molar refractivity (Wildman–Crippen MR) is 58.7 cm³/mol. The molecular weight excluding hydrogens is 162 g/mol. The Kier molecular flexibility index (Phi) is 11.0. The minimum absolute atomic E-state index is 0.0729. The van der Waals surface area contributed by atoms with Gasteiger partial charge in [-0.05, 0) is 18.8 Å². The van der Waals surface area contributed by atoms with Crippen LogP contribution in [0.2, 0.25) is 0 Å². The molecule has 1 amide bonds. The zero-order valence-electron chi connectivity index (χ0n) is 9.98. The van der Waals surface area contributed by atoms with Gasteiger partial charge in [-0.15, -0.1) is 0 Å². The molecule has 0 atom stereocenters. The Morgan fingerprint density at radius 1 is 1.15 bits per heavy atom. The monoisotopic (exact) mass is 187 g/mol. The summed E-state index contributed by atoms with van der Waals surface area (Å²) in [7, 11) is 0. The van der Waals surface area contributed by atoms with E-state index in [0.717, 1.165) is 18.8 Å². The molecule has 0 aromatic heterocycles. The minimum atomic E-state index is 0.0729. The summed E-state index contributed by atoms with van der Waals surface area (Å²) in [4.78, 5) is 10.5. The predicted octanol–water partition coefficient (Wildman–Crippen LogP) is 2.97. The van der Waals surface area contributed by atoms with Crippen molar-refractivity contribution >= 4 is 5.91 Å². The van der Waals surface area contributed by atoms with Gasteiger partial charge in [0.05, 0.1) is 0 Å². The molecule has 0 bridgehead atoms. The highest BCUT2D eigenvalue weighted by molar-refractivity contribution is 5.73. The van der Waals surface area contributed by atoms with Gasteiger partial charge in [-0.1, -0.05) is 34.6 Å². The number of carbonyl (C=O) groups is 1. The summed E-state index contributed by atoms with van der Waals surface area (Å²) in [6.45, 7) is 12.2. The van der Waals surface area contributed by atoms with Crippen molar-refractivity contribution in [3.8, 4) is 0 Å². The molecule has 0 fully saturated rings. The number of hydrogen-bond acceptors (Lipinski definition) is 1. The smallest absolute Gasteiger partial charge is 0.217 e. The topological polar surface area (TPSA) is 29.1 Å². The molecule has 2 heteroatoms. The molecule has 0 rings (SSSR count). The van der Waals surface area contributed by atoms with Crippen LogP contribution in [0.4, 0.5) is 0 Å². The first-order valence-corrected chi connectivity index (χ1v) is 5.21. The largest absolute Gasteiger partial charge is 0.354 e. The maximum Gasteiger partial charge on any atom is 0.217 e. The maximum absolute atomic E-state index is 10.5. The quantitative estimate of drug-likeness (QED) is 0.723. The lowest BCUT2D eigenvalue weighted by molar-refractivity contribution is -0.119. The molecule has 0 saturated heterocycles. The molecule has 0 heterocycles. The van der Waals surface area contributed by atoms with E-state index in [0.29, 0.717) is 6.04 Å². The lowest BCUT2D eigenvalue weighted by Gasteiger charge is -2.11. The summed E-state index contributed by atoms with van der Waals surface area (Å²) in [6.07, 6.45) is 2.05. The molecule has 0 saturated carbocycles. The van der Waals surface area contributed by atoms with Gasteiger partial charge < -0.3 is 5.32 Å². The zero-order valence-corrected chi connectivity index (χ0v) is 9.98. The highest BCUT2D eigenvalue weighted by Gasteiger charge is 2.01. The van der Waals surface area contributed by atoms with Crippen molar-refractivity contribution in [1.82, 2.24) is 5.32 Å². The van der Waals surface area contributed by atoms with Crippen LogP contribution in [0.15, 0.2) is 0 Å². The van der Waals surface area contributed by atoms with Crippen molar-refractivity contribution in [2.45, 2.75) is 60.4 Å². The van der Waals surface area contributed by atoms with Gasteiger partial charge >= 0.3 is 0 Å². The van der Waals surface area contributed by atoms with Crippen LogP contribution in [0.1, 0.15) is 54.4 Å². The first-order chi connectivity index (χ1) is 5.93. The van der Waals surface area contributed by atoms with Crippen LogP contribution in [0.5, 0.6) is 0 Å². The molecule has 2 nitrogen and oxygen atoms in total.